The molecule has 2 aromatic carbocycles. The molecule has 0 fully saturated rings. The molecule has 0 bridgehead atoms. The molecule has 5 rings (SSSR count). The van der Waals surface area contributed by atoms with Gasteiger partial charge in [-0.25, -0.2) is 9.07 Å². The number of pyridine rings is 1. The highest BCUT2D eigenvalue weighted by atomic mass is 19.1. The minimum Gasteiger partial charge on any atom is -0.396 e. The van der Waals surface area contributed by atoms with E-state index in [9.17, 15) is 4.39 Å². The van der Waals surface area contributed by atoms with Crippen LogP contribution in [-0.2, 0) is 6.42 Å². The minimum absolute atomic E-state index is 0.0845. The van der Waals surface area contributed by atoms with Crippen molar-refractivity contribution < 1.29 is 14.0 Å². The van der Waals surface area contributed by atoms with Gasteiger partial charge in [-0.3, -0.25) is 4.98 Å². The van der Waals surface area contributed by atoms with Crippen molar-refractivity contribution >= 4 is 0 Å². The normalized spacial score (nSPS) is 11.1. The third kappa shape index (κ3) is 3.65. The monoisotopic (exact) mass is 428 g/mol. The van der Waals surface area contributed by atoms with Crippen molar-refractivity contribution in [2.75, 3.05) is 6.61 Å². The van der Waals surface area contributed by atoms with E-state index >= 15 is 0 Å². The van der Waals surface area contributed by atoms with Crippen LogP contribution >= 0.6 is 0 Å². The molecule has 8 nitrogen and oxygen atoms in total. The second-order valence-electron chi connectivity index (χ2n) is 6.98. The van der Waals surface area contributed by atoms with Gasteiger partial charge in [0.2, 0.25) is 5.82 Å². The van der Waals surface area contributed by atoms with E-state index in [4.69, 9.17) is 9.63 Å². The Morgan fingerprint density at radius 3 is 2.47 bits per heavy atom. The molecule has 0 radical (unpaired) electrons. The maximum absolute atomic E-state index is 14.5. The molecule has 158 valence electrons. The Kier molecular flexibility index (Phi) is 5.22. The smallest absolute Gasteiger partial charge is 0.281 e. The van der Waals surface area contributed by atoms with E-state index in [0.717, 1.165) is 16.7 Å². The lowest BCUT2D eigenvalue weighted by atomic mass is 10.1. The van der Waals surface area contributed by atoms with Crippen molar-refractivity contribution in [2.24, 2.45) is 0 Å². The zero-order chi connectivity index (χ0) is 21.9. The van der Waals surface area contributed by atoms with Gasteiger partial charge in [0.15, 0.2) is 5.69 Å². The molecule has 0 atom stereocenters. The summed E-state index contributed by atoms with van der Waals surface area (Å²) in [5.41, 5.74) is 3.57. The topological polar surface area (TPSA) is 103 Å². The number of rotatable bonds is 6. The van der Waals surface area contributed by atoms with E-state index < -0.39 is 5.82 Å². The molecule has 32 heavy (non-hydrogen) atoms. The fourth-order valence-corrected chi connectivity index (χ4v) is 3.37. The van der Waals surface area contributed by atoms with Gasteiger partial charge in [0.05, 0.1) is 0 Å². The highest BCUT2D eigenvalue weighted by Crippen LogP contribution is 2.32. The number of nitrogens with zero attached hydrogens (tertiary/aromatic N) is 6. The maximum atomic E-state index is 14.5. The standard InChI is InChI=1S/C23H17FN6O2/c24-18-3-1-2-4-19(18)30-21(16-9-12-25-13-10-16)20(27-29-30)23-26-22(28-32-23)17-7-5-15(6-8-17)11-14-31/h1-10,12-13,31H,11,14H2. The van der Waals surface area contributed by atoms with Crippen molar-refractivity contribution in [3.8, 4) is 39.9 Å². The molecule has 0 saturated carbocycles. The van der Waals surface area contributed by atoms with Crippen molar-refractivity contribution in [3.63, 3.8) is 0 Å². The molecular formula is C23H17FN6O2. The summed E-state index contributed by atoms with van der Waals surface area (Å²) in [4.78, 5) is 8.54. The minimum atomic E-state index is -0.437. The van der Waals surface area contributed by atoms with Crippen LogP contribution in [0.3, 0.4) is 0 Å². The van der Waals surface area contributed by atoms with Crippen molar-refractivity contribution in [3.05, 3.63) is 84.4 Å². The number of aliphatic hydroxyl groups excluding tert-OH is 1. The Balaban J connectivity index is 1.60. The average Bonchev–Trinajstić information content (AvgIpc) is 3.48. The fraction of sp³-hybridized carbons (Fsp3) is 0.0870. The first-order valence-electron chi connectivity index (χ1n) is 9.90. The first-order valence-corrected chi connectivity index (χ1v) is 9.90. The number of para-hydroxylation sites is 1. The molecular weight excluding hydrogens is 411 g/mol. The summed E-state index contributed by atoms with van der Waals surface area (Å²) >= 11 is 0. The van der Waals surface area contributed by atoms with Crippen molar-refractivity contribution in [1.29, 1.82) is 0 Å². The molecule has 0 amide bonds. The summed E-state index contributed by atoms with van der Waals surface area (Å²) in [5, 5.41) is 21.5. The summed E-state index contributed by atoms with van der Waals surface area (Å²) in [6, 6.07) is 17.4. The average molecular weight is 428 g/mol. The molecule has 1 N–H and O–H groups in total. The lowest BCUT2D eigenvalue weighted by molar-refractivity contribution is 0.299. The van der Waals surface area contributed by atoms with Gasteiger partial charge < -0.3 is 9.63 Å². The molecule has 0 spiro atoms. The number of benzene rings is 2. The molecule has 3 heterocycles. The zero-order valence-electron chi connectivity index (χ0n) is 16.8. The van der Waals surface area contributed by atoms with E-state index in [1.807, 2.05) is 24.3 Å². The summed E-state index contributed by atoms with van der Waals surface area (Å²) in [6.45, 7) is 0.0845. The Morgan fingerprint density at radius 2 is 1.72 bits per heavy atom. The van der Waals surface area contributed by atoms with Gasteiger partial charge >= 0.3 is 0 Å². The summed E-state index contributed by atoms with van der Waals surface area (Å²) in [5.74, 6) is 0.110. The van der Waals surface area contributed by atoms with Crippen LogP contribution in [-0.4, -0.2) is 41.8 Å². The number of hydrogen-bond donors (Lipinski definition) is 1. The molecule has 9 heteroatoms. The second kappa shape index (κ2) is 8.48. The molecule has 5 aromatic rings. The third-order valence-corrected chi connectivity index (χ3v) is 4.95. The SMILES string of the molecule is OCCc1ccc(-c2noc(-c3nnn(-c4ccccc4F)c3-c3ccncc3)n2)cc1. The van der Waals surface area contributed by atoms with Crippen LogP contribution in [0, 0.1) is 5.82 Å². The van der Waals surface area contributed by atoms with Crippen LogP contribution < -0.4 is 0 Å². The van der Waals surface area contributed by atoms with Crippen molar-refractivity contribution in [2.45, 2.75) is 6.42 Å². The van der Waals surface area contributed by atoms with Gasteiger partial charge in [-0.05, 0) is 36.2 Å². The molecule has 0 aliphatic rings. The Hall–Kier alpha value is -4.24. The highest BCUT2D eigenvalue weighted by Gasteiger charge is 2.24. The molecule has 3 aromatic heterocycles. The largest absolute Gasteiger partial charge is 0.396 e. The van der Waals surface area contributed by atoms with Crippen LogP contribution in [0.25, 0.3) is 39.9 Å². The van der Waals surface area contributed by atoms with E-state index in [1.54, 1.807) is 42.7 Å². The van der Waals surface area contributed by atoms with Gasteiger partial charge in [0.1, 0.15) is 17.2 Å². The molecule has 0 aliphatic carbocycles. The van der Waals surface area contributed by atoms with E-state index in [1.165, 1.54) is 10.7 Å². The van der Waals surface area contributed by atoms with Crippen LogP contribution in [0.5, 0.6) is 0 Å². The Bertz CT molecular complexity index is 1350. The number of aromatic nitrogens is 6. The van der Waals surface area contributed by atoms with E-state index in [2.05, 4.69) is 25.4 Å². The van der Waals surface area contributed by atoms with E-state index in [-0.39, 0.29) is 18.2 Å². The van der Waals surface area contributed by atoms with Gasteiger partial charge in [-0.1, -0.05) is 46.8 Å². The Morgan fingerprint density at radius 1 is 0.938 bits per heavy atom. The number of aliphatic hydroxyl groups is 1. The molecule has 0 unspecified atom stereocenters. The number of halogens is 1. The van der Waals surface area contributed by atoms with Gasteiger partial charge in [-0.15, -0.1) is 5.10 Å². The lowest BCUT2D eigenvalue weighted by Crippen LogP contribution is -2.02. The third-order valence-electron chi connectivity index (χ3n) is 4.95. The zero-order valence-corrected chi connectivity index (χ0v) is 16.8. The Labute approximate surface area is 182 Å². The summed E-state index contributed by atoms with van der Waals surface area (Å²) in [6.07, 6.45) is 3.84. The predicted octanol–water partition coefficient (Wildman–Crippen LogP) is 3.72. The summed E-state index contributed by atoms with van der Waals surface area (Å²) < 4.78 is 21.4. The van der Waals surface area contributed by atoms with Gasteiger partial charge in [-0.2, -0.15) is 4.98 Å². The van der Waals surface area contributed by atoms with Crippen LogP contribution in [0.15, 0.2) is 77.6 Å². The maximum Gasteiger partial charge on any atom is 0.281 e. The lowest BCUT2D eigenvalue weighted by Gasteiger charge is -2.08. The van der Waals surface area contributed by atoms with Gasteiger partial charge in [0, 0.05) is 30.1 Å². The first kappa shape index (κ1) is 19.7. The predicted molar refractivity (Wildman–Crippen MR) is 114 cm³/mol. The molecule has 0 aliphatic heterocycles. The highest BCUT2D eigenvalue weighted by molar-refractivity contribution is 5.76. The second-order valence-corrected chi connectivity index (χ2v) is 6.98. The molecule has 0 saturated heterocycles. The van der Waals surface area contributed by atoms with Crippen LogP contribution in [0.2, 0.25) is 0 Å². The quantitative estimate of drug-likeness (QED) is 0.440. The fourth-order valence-electron chi connectivity index (χ4n) is 3.37. The first-order chi connectivity index (χ1) is 15.7. The number of hydrogen-bond acceptors (Lipinski definition) is 7. The van der Waals surface area contributed by atoms with Crippen LogP contribution in [0.4, 0.5) is 4.39 Å². The summed E-state index contributed by atoms with van der Waals surface area (Å²) in [7, 11) is 0. The van der Waals surface area contributed by atoms with Crippen LogP contribution in [0.1, 0.15) is 5.56 Å². The van der Waals surface area contributed by atoms with Crippen molar-refractivity contribution in [1.82, 2.24) is 30.1 Å². The van der Waals surface area contributed by atoms with E-state index in [0.29, 0.717) is 23.6 Å². The van der Waals surface area contributed by atoms with Gasteiger partial charge in [0.25, 0.3) is 5.89 Å².